The van der Waals surface area contributed by atoms with E-state index in [4.69, 9.17) is 19.9 Å². The van der Waals surface area contributed by atoms with Crippen LogP contribution in [0, 0.1) is 11.8 Å². The number of carboxylic acids is 1. The van der Waals surface area contributed by atoms with Gasteiger partial charge < -0.3 is 39.8 Å². The van der Waals surface area contributed by atoms with Crippen LogP contribution >= 0.6 is 12.4 Å². The van der Waals surface area contributed by atoms with Crippen molar-refractivity contribution < 1.29 is 74.4 Å². The first kappa shape index (κ1) is 66.4. The van der Waals surface area contributed by atoms with Crippen molar-refractivity contribution in [3.05, 3.63) is 90.7 Å². The van der Waals surface area contributed by atoms with Gasteiger partial charge in [0.1, 0.15) is 47.8 Å². The number of ether oxygens (including phenoxy) is 3. The van der Waals surface area contributed by atoms with Gasteiger partial charge in [-0.05, 0) is 55.7 Å². The molecule has 6 fully saturated rings. The number of carboxylic acid groups (broad SMARTS) is 1. The standard InChI is InChI=1S/2C20H20F2N6O3.C16H16N6O4.C3H5F2N.ClH/c2*1-31-17-7-16(23-10-24-17)26-19(30)28-12-4-5-27(9-12)14-3-2-13(25-18(14)28)15(29)6-11-8-20(11,21)22;1-26-13-6-12(17-8-18-13)20-16(25)22-9-4-5-21(7-9)11-3-2-10(15(23)24)19-14(11)22;4-3(5)1-2(3)6;/h2*2-3,7,10-12H,4-6,8-9H2,1H3,(H,23,24,26,30);2-3,6,8-9H,4-5,7H2,1H3,(H,23,24)(H,17,18,20,25);2H,1,6H2;1H/t2*11?,12-;9-;;/m000../s1. The van der Waals surface area contributed by atoms with Crippen LogP contribution in [-0.2, 0) is 0 Å². The third-order valence-corrected chi connectivity index (χ3v) is 17.2. The number of carbonyl (C=O) groups excluding carboxylic acids is 5. The molecule has 3 aliphatic carbocycles. The number of fused-ring (bicyclic) bond motifs is 12. The highest BCUT2D eigenvalue weighted by molar-refractivity contribution is 6.07. The molecule has 6 N–H and O–H groups in total. The maximum atomic E-state index is 13.2. The topological polar surface area (TPSA) is 348 Å². The van der Waals surface area contributed by atoms with E-state index in [0.717, 1.165) is 56.0 Å². The number of alkyl halides is 6. The number of rotatable bonds is 13. The lowest BCUT2D eigenvalue weighted by atomic mass is 10.1. The fourth-order valence-corrected chi connectivity index (χ4v) is 11.8. The van der Waals surface area contributed by atoms with E-state index in [1.807, 2.05) is 0 Å². The van der Waals surface area contributed by atoms with E-state index in [-0.39, 0.29) is 91.4 Å². The lowest BCUT2D eigenvalue weighted by Gasteiger charge is -2.35. The number of methoxy groups -OCH3 is 3. The molecule has 95 heavy (non-hydrogen) atoms. The molecule has 0 spiro atoms. The van der Waals surface area contributed by atoms with Gasteiger partial charge in [-0.1, -0.05) is 0 Å². The zero-order valence-electron chi connectivity index (χ0n) is 50.9. The average molecular weight is 1350 g/mol. The maximum Gasteiger partial charge on any atom is 0.354 e. The Morgan fingerprint density at radius 2 is 0.800 bits per heavy atom. The van der Waals surface area contributed by atoms with E-state index in [1.165, 1.54) is 79.3 Å². The highest BCUT2D eigenvalue weighted by Gasteiger charge is 2.58. The first-order valence-electron chi connectivity index (χ1n) is 29.8. The van der Waals surface area contributed by atoms with Crippen molar-refractivity contribution in [1.29, 1.82) is 0 Å². The van der Waals surface area contributed by atoms with Crippen LogP contribution < -0.4 is 65.3 Å². The van der Waals surface area contributed by atoms with Crippen molar-refractivity contribution >= 4 is 100 Å². The zero-order chi connectivity index (χ0) is 66.5. The van der Waals surface area contributed by atoms with Gasteiger partial charge in [-0.2, -0.15) is 0 Å². The Morgan fingerprint density at radius 3 is 1.07 bits per heavy atom. The number of urea groups is 3. The van der Waals surface area contributed by atoms with E-state index in [0.29, 0.717) is 60.5 Å². The van der Waals surface area contributed by atoms with Crippen LogP contribution in [-0.4, -0.2) is 188 Å². The molecule has 6 amide bonds. The van der Waals surface area contributed by atoms with Crippen molar-refractivity contribution in [2.75, 3.05) is 106 Å². The van der Waals surface area contributed by atoms with Crippen molar-refractivity contribution in [2.45, 2.75) is 93.3 Å². The molecule has 6 aromatic rings. The molecule has 0 aromatic carbocycles. The first-order valence-corrected chi connectivity index (χ1v) is 29.8. The second-order valence-corrected chi connectivity index (χ2v) is 23.5. The molecule has 36 heteroatoms. The Bertz CT molecular complexity index is 3820. The zero-order valence-corrected chi connectivity index (χ0v) is 51.7. The van der Waals surface area contributed by atoms with Crippen LogP contribution in [0.5, 0.6) is 17.6 Å². The van der Waals surface area contributed by atoms with Crippen molar-refractivity contribution in [1.82, 2.24) is 44.9 Å². The molecule has 3 unspecified atom stereocenters. The molecular weight excluding hydrogens is 1280 g/mol. The largest absolute Gasteiger partial charge is 0.481 e. The summed E-state index contributed by atoms with van der Waals surface area (Å²) in [6.07, 6.45) is 4.95. The fourth-order valence-electron chi connectivity index (χ4n) is 11.8. The van der Waals surface area contributed by atoms with Gasteiger partial charge in [0.05, 0.1) is 62.6 Å². The summed E-state index contributed by atoms with van der Waals surface area (Å²) in [7, 11) is 4.39. The lowest BCUT2D eigenvalue weighted by Crippen LogP contribution is -2.48. The second kappa shape index (κ2) is 26.4. The van der Waals surface area contributed by atoms with Gasteiger partial charge in [0, 0.05) is 101 Å². The van der Waals surface area contributed by atoms with Crippen molar-refractivity contribution in [2.24, 2.45) is 17.6 Å². The van der Waals surface area contributed by atoms with E-state index >= 15 is 0 Å². The summed E-state index contributed by atoms with van der Waals surface area (Å²) >= 11 is 0. The molecule has 6 bridgehead atoms. The van der Waals surface area contributed by atoms with Crippen LogP contribution in [0.4, 0.5) is 92.7 Å². The highest BCUT2D eigenvalue weighted by atomic mass is 35.5. The first-order chi connectivity index (χ1) is 44.9. The number of pyridine rings is 3. The fraction of sp³-hybridized carbons (Fsp3) is 0.441. The number of aromatic carboxylic acids is 1. The Kier molecular flexibility index (Phi) is 18.4. The number of hydrogen-bond donors (Lipinski definition) is 5. The summed E-state index contributed by atoms with van der Waals surface area (Å²) in [5.41, 5.74) is 7.04. The Morgan fingerprint density at radius 1 is 0.505 bits per heavy atom. The van der Waals surface area contributed by atoms with Gasteiger partial charge in [0.25, 0.3) is 17.8 Å². The maximum absolute atomic E-state index is 13.2. The number of ketones is 2. The normalized spacial score (nSPS) is 22.1. The molecule has 3 saturated heterocycles. The van der Waals surface area contributed by atoms with E-state index in [1.54, 1.807) is 30.3 Å². The molecule has 3 saturated carbocycles. The van der Waals surface area contributed by atoms with E-state index in [2.05, 4.69) is 75.5 Å². The third kappa shape index (κ3) is 14.2. The third-order valence-electron chi connectivity index (χ3n) is 17.2. The van der Waals surface area contributed by atoms with Gasteiger partial charge in [0.2, 0.25) is 17.6 Å². The Balaban J connectivity index is 0.000000138. The molecule has 6 atom stereocenters. The highest BCUT2D eigenvalue weighted by Crippen LogP contribution is 2.52. The molecule has 9 aliphatic rings. The molecule has 0 radical (unpaired) electrons. The SMILES string of the molecule is COc1cc(NC(=O)N2c3nc(C(=O)CC4CC4(F)F)ccc3N3CC[C@H]2C3)ncn1.COc1cc(NC(=O)N2c3nc(C(=O)CC4CC4(F)F)ccc3N3CC[C@H]2C3)ncn1.COc1cc(NC(=O)N2c3nc(C(=O)O)ccc3N3CC[C@H]2C3)ncn1.Cl.NC1CC1(F)F. The minimum atomic E-state index is -2.76. The summed E-state index contributed by atoms with van der Waals surface area (Å²) in [6.45, 7) is 4.28. The number of carbonyl (C=O) groups is 6. The number of nitrogens with two attached hydrogens (primary N) is 1. The van der Waals surface area contributed by atoms with E-state index in [9.17, 15) is 60.2 Å². The second-order valence-electron chi connectivity index (χ2n) is 23.5. The van der Waals surface area contributed by atoms with Gasteiger partial charge in [-0.3, -0.25) is 40.2 Å². The minimum Gasteiger partial charge on any atom is -0.481 e. The van der Waals surface area contributed by atoms with Crippen LogP contribution in [0.2, 0.25) is 0 Å². The molecular formula is C59H62ClF6N19O10. The van der Waals surface area contributed by atoms with Crippen molar-refractivity contribution in [3.8, 4) is 17.6 Å². The van der Waals surface area contributed by atoms with Gasteiger partial charge in [-0.25, -0.2) is 90.4 Å². The predicted molar refractivity (Wildman–Crippen MR) is 331 cm³/mol. The van der Waals surface area contributed by atoms with Gasteiger partial charge in [0.15, 0.2) is 34.7 Å². The number of halogens is 7. The number of amides is 6. The van der Waals surface area contributed by atoms with Crippen molar-refractivity contribution in [3.63, 3.8) is 0 Å². The van der Waals surface area contributed by atoms with Crippen LogP contribution in [0.1, 0.15) is 82.8 Å². The van der Waals surface area contributed by atoms with Crippen LogP contribution in [0.25, 0.3) is 0 Å². The molecule has 15 rings (SSSR count). The number of hydrogen-bond acceptors (Lipinski definition) is 22. The van der Waals surface area contributed by atoms with Gasteiger partial charge >= 0.3 is 24.1 Å². The number of anilines is 9. The average Bonchev–Trinajstić information content (AvgIpc) is 1.75. The molecule has 6 aliphatic heterocycles. The van der Waals surface area contributed by atoms with Crippen LogP contribution in [0.15, 0.2) is 73.6 Å². The summed E-state index contributed by atoms with van der Waals surface area (Å²) < 4.78 is 90.8. The van der Waals surface area contributed by atoms with E-state index < -0.39 is 71.3 Å². The quantitative estimate of drug-likeness (QED) is 0.0553. The Hall–Kier alpha value is -10.1. The number of Topliss-reactive ketones (excluding diaryl/α,β-unsaturated/α-hetero) is 2. The van der Waals surface area contributed by atoms with Gasteiger partial charge in [-0.15, -0.1) is 12.4 Å². The lowest BCUT2D eigenvalue weighted by molar-refractivity contribution is 0.0689. The summed E-state index contributed by atoms with van der Waals surface area (Å²) in [4.78, 5) is 123. The molecule has 12 heterocycles. The molecule has 29 nitrogen and oxygen atoms in total. The Labute approximate surface area is 542 Å². The summed E-state index contributed by atoms with van der Waals surface area (Å²) in [5.74, 6) is -9.13. The molecule has 6 aromatic heterocycles. The number of nitrogens with one attached hydrogen (secondary N) is 3. The minimum absolute atomic E-state index is 0. The monoisotopic (exact) mass is 1350 g/mol. The van der Waals surface area contributed by atoms with Crippen LogP contribution in [0.3, 0.4) is 0 Å². The number of aromatic nitrogens is 9. The predicted octanol–water partition coefficient (Wildman–Crippen LogP) is 7.46. The summed E-state index contributed by atoms with van der Waals surface area (Å²) in [5, 5.41) is 17.4. The molecule has 502 valence electrons. The number of nitrogens with zero attached hydrogens (tertiary/aromatic N) is 15. The summed E-state index contributed by atoms with van der Waals surface area (Å²) in [6, 6.07) is 11.7. The smallest absolute Gasteiger partial charge is 0.354 e.